The maximum absolute atomic E-state index is 15.2. The number of allylic oxidation sites excluding steroid dienone is 1. The lowest BCUT2D eigenvalue weighted by atomic mass is 9.95. The first kappa shape index (κ1) is 24.3. The van der Waals surface area contributed by atoms with E-state index in [2.05, 4.69) is 24.8 Å². The Morgan fingerprint density at radius 1 is 1.14 bits per heavy atom. The van der Waals surface area contributed by atoms with E-state index in [1.807, 2.05) is 18.2 Å². The molecule has 0 spiro atoms. The molecular weight excluding hydrogens is 485 g/mol. The van der Waals surface area contributed by atoms with Crippen LogP contribution in [0.1, 0.15) is 24.5 Å². The van der Waals surface area contributed by atoms with Gasteiger partial charge in [0.1, 0.15) is 29.5 Å². The normalized spacial score (nSPS) is 19.6. The van der Waals surface area contributed by atoms with Crippen LogP contribution in [0.5, 0.6) is 0 Å². The molecule has 4 heterocycles. The molecule has 1 fully saturated rings. The number of aliphatic hydroxyl groups excluding tert-OH is 1. The number of hydrogen-bond acceptors (Lipinski definition) is 8. The van der Waals surface area contributed by atoms with Gasteiger partial charge in [-0.05, 0) is 30.2 Å². The minimum absolute atomic E-state index is 0.122. The van der Waals surface area contributed by atoms with E-state index < -0.39 is 11.9 Å². The van der Waals surface area contributed by atoms with Crippen molar-refractivity contribution in [2.75, 3.05) is 38.3 Å². The third-order valence-corrected chi connectivity index (χ3v) is 6.60. The Bertz CT molecular complexity index is 1370. The minimum atomic E-state index is -1.05. The number of hydrogen-bond donors (Lipinski definition) is 1. The van der Waals surface area contributed by atoms with E-state index in [0.29, 0.717) is 59.8 Å². The Labute approximate surface area is 212 Å². The third-order valence-electron chi connectivity index (χ3n) is 6.28. The van der Waals surface area contributed by atoms with E-state index >= 15 is 4.39 Å². The topological polar surface area (TPSA) is 93.0 Å². The molecule has 2 aliphatic heterocycles. The lowest BCUT2D eigenvalue weighted by molar-refractivity contribution is 0.122. The van der Waals surface area contributed by atoms with Crippen molar-refractivity contribution in [3.8, 4) is 11.3 Å². The number of fused-ring (bicyclic) bond motifs is 1. The van der Waals surface area contributed by atoms with E-state index in [4.69, 9.17) is 21.1 Å². The third kappa shape index (κ3) is 4.95. The van der Waals surface area contributed by atoms with Crippen LogP contribution in [0.2, 0.25) is 5.02 Å². The average molecular weight is 510 g/mol. The van der Waals surface area contributed by atoms with Gasteiger partial charge in [0.05, 0.1) is 37.7 Å². The van der Waals surface area contributed by atoms with Gasteiger partial charge < -0.3 is 19.5 Å². The predicted molar refractivity (Wildman–Crippen MR) is 137 cm³/mol. The van der Waals surface area contributed by atoms with Crippen LogP contribution >= 0.6 is 11.6 Å². The number of aliphatic hydroxyl groups is 1. The predicted octanol–water partition coefficient (Wildman–Crippen LogP) is 4.63. The van der Waals surface area contributed by atoms with Crippen LogP contribution in [-0.4, -0.2) is 59.4 Å². The van der Waals surface area contributed by atoms with Crippen molar-refractivity contribution >= 4 is 34.2 Å². The minimum Gasteiger partial charge on any atom is -0.484 e. The van der Waals surface area contributed by atoms with E-state index in [-0.39, 0.29) is 10.6 Å². The molecule has 1 atom stereocenters. The summed E-state index contributed by atoms with van der Waals surface area (Å²) in [5.74, 6) is -0.0353. The molecule has 1 unspecified atom stereocenters. The number of morpholine rings is 1. The van der Waals surface area contributed by atoms with E-state index in [0.717, 1.165) is 18.8 Å². The van der Waals surface area contributed by atoms with Gasteiger partial charge in [0.25, 0.3) is 0 Å². The van der Waals surface area contributed by atoms with E-state index in [9.17, 15) is 5.11 Å². The summed E-state index contributed by atoms with van der Waals surface area (Å²) in [5.41, 5.74) is 3.58. The van der Waals surface area contributed by atoms with Crippen LogP contribution in [-0.2, 0) is 9.47 Å². The molecule has 0 bridgehead atoms. The summed E-state index contributed by atoms with van der Waals surface area (Å²) < 4.78 is 25.9. The van der Waals surface area contributed by atoms with Gasteiger partial charge >= 0.3 is 0 Å². The Balaban J connectivity index is 1.53. The lowest BCUT2D eigenvalue weighted by Crippen LogP contribution is -2.36. The number of aliphatic imine (C=N–C) groups is 1. The van der Waals surface area contributed by atoms with E-state index in [1.165, 1.54) is 18.5 Å². The molecule has 186 valence electrons. The Kier molecular flexibility index (Phi) is 7.22. The van der Waals surface area contributed by atoms with Crippen molar-refractivity contribution in [2.45, 2.75) is 18.9 Å². The van der Waals surface area contributed by atoms with Crippen molar-refractivity contribution in [1.82, 2.24) is 15.0 Å². The highest BCUT2D eigenvalue weighted by Crippen LogP contribution is 2.37. The number of benzene rings is 1. The summed E-state index contributed by atoms with van der Waals surface area (Å²) in [6, 6.07) is 4.66. The number of halogens is 2. The first-order valence-corrected chi connectivity index (χ1v) is 12.0. The van der Waals surface area contributed by atoms with Crippen LogP contribution in [0, 0.1) is 5.82 Å². The van der Waals surface area contributed by atoms with Crippen molar-refractivity contribution in [3.63, 3.8) is 0 Å². The summed E-state index contributed by atoms with van der Waals surface area (Å²) in [6.45, 7) is 2.84. The summed E-state index contributed by atoms with van der Waals surface area (Å²) >= 11 is 6.40. The lowest BCUT2D eigenvalue weighted by Gasteiger charge is -2.28. The molecule has 10 heteroatoms. The van der Waals surface area contributed by atoms with Crippen molar-refractivity contribution in [2.24, 2.45) is 4.99 Å². The zero-order valence-corrected chi connectivity index (χ0v) is 20.5. The quantitative estimate of drug-likeness (QED) is 0.512. The summed E-state index contributed by atoms with van der Waals surface area (Å²) in [6.07, 6.45) is 8.28. The molecule has 2 aliphatic rings. The SMILES string of the molecule is COC1=N/C=C/C/C(C(O)c2cc(-c3ncnc4cc(N5CCOCC5)cnc34)c(F)cc2Cl)=C\C1. The zero-order chi connectivity index (χ0) is 25.1. The highest BCUT2D eigenvalue weighted by atomic mass is 35.5. The van der Waals surface area contributed by atoms with Gasteiger partial charge in [-0.1, -0.05) is 23.8 Å². The molecule has 1 N–H and O–H groups in total. The van der Waals surface area contributed by atoms with E-state index in [1.54, 1.807) is 19.5 Å². The summed E-state index contributed by atoms with van der Waals surface area (Å²) in [7, 11) is 1.55. The maximum Gasteiger partial charge on any atom is 0.191 e. The standard InChI is InChI=1S/C26H25ClFN5O3/c1-35-23-5-4-16(3-2-6-29-23)26(34)18-12-19(21(28)13-20(18)27)24-25-22(31-15-32-24)11-17(14-30-25)33-7-9-36-10-8-33/h2,4,6,11-15,26,34H,3,5,7-10H2,1H3/b6-2+,16-4+,29-23?. The molecular formula is C26H25ClFN5O3. The maximum atomic E-state index is 15.2. The van der Waals surface area contributed by atoms with Gasteiger partial charge in [-0.15, -0.1) is 0 Å². The molecule has 5 rings (SSSR count). The highest BCUT2D eigenvalue weighted by Gasteiger charge is 2.22. The van der Waals surface area contributed by atoms with Crippen LogP contribution in [0.3, 0.4) is 0 Å². The number of pyridine rings is 1. The Morgan fingerprint density at radius 3 is 2.78 bits per heavy atom. The largest absolute Gasteiger partial charge is 0.484 e. The van der Waals surface area contributed by atoms with Gasteiger partial charge in [-0.25, -0.2) is 19.4 Å². The molecule has 1 aromatic carbocycles. The first-order chi connectivity index (χ1) is 17.5. The molecule has 8 nitrogen and oxygen atoms in total. The number of anilines is 1. The number of methoxy groups -OCH3 is 1. The molecule has 3 aromatic rings. The van der Waals surface area contributed by atoms with Crippen LogP contribution < -0.4 is 4.90 Å². The number of ether oxygens (including phenoxy) is 2. The molecule has 2 aromatic heterocycles. The second kappa shape index (κ2) is 10.7. The van der Waals surface area contributed by atoms with Crippen molar-refractivity contribution in [3.05, 3.63) is 71.1 Å². The smallest absolute Gasteiger partial charge is 0.191 e. The van der Waals surface area contributed by atoms with Gasteiger partial charge in [-0.3, -0.25) is 4.98 Å². The fourth-order valence-corrected chi connectivity index (χ4v) is 4.57. The Morgan fingerprint density at radius 2 is 1.97 bits per heavy atom. The van der Waals surface area contributed by atoms with Crippen molar-refractivity contribution in [1.29, 1.82) is 0 Å². The van der Waals surface area contributed by atoms with Gasteiger partial charge in [-0.2, -0.15) is 0 Å². The molecule has 1 saturated heterocycles. The fraction of sp³-hybridized carbons (Fsp3) is 0.308. The Hall–Kier alpha value is -3.40. The highest BCUT2D eigenvalue weighted by molar-refractivity contribution is 6.31. The second-order valence-corrected chi connectivity index (χ2v) is 8.85. The van der Waals surface area contributed by atoms with Gasteiger partial charge in [0.15, 0.2) is 5.90 Å². The average Bonchev–Trinajstić information content (AvgIpc) is 2.88. The van der Waals surface area contributed by atoms with Crippen LogP contribution in [0.4, 0.5) is 10.1 Å². The summed E-state index contributed by atoms with van der Waals surface area (Å²) in [4.78, 5) is 19.7. The van der Waals surface area contributed by atoms with Crippen molar-refractivity contribution < 1.29 is 19.0 Å². The van der Waals surface area contributed by atoms with Crippen LogP contribution in [0.25, 0.3) is 22.3 Å². The second-order valence-electron chi connectivity index (χ2n) is 8.44. The van der Waals surface area contributed by atoms with Gasteiger partial charge in [0, 0.05) is 41.9 Å². The van der Waals surface area contributed by atoms with Gasteiger partial charge in [0.2, 0.25) is 0 Å². The first-order valence-electron chi connectivity index (χ1n) is 11.6. The number of rotatable bonds is 4. The zero-order valence-electron chi connectivity index (χ0n) is 19.7. The molecule has 0 amide bonds. The monoisotopic (exact) mass is 509 g/mol. The summed E-state index contributed by atoms with van der Waals surface area (Å²) in [5, 5.41) is 11.3. The number of nitrogens with zero attached hydrogens (tertiary/aromatic N) is 5. The van der Waals surface area contributed by atoms with Crippen LogP contribution in [0.15, 0.2) is 59.6 Å². The molecule has 0 saturated carbocycles. The number of aromatic nitrogens is 3. The molecule has 36 heavy (non-hydrogen) atoms. The molecule has 0 aliphatic carbocycles. The fourth-order valence-electron chi connectivity index (χ4n) is 4.32. The molecule has 0 radical (unpaired) electrons.